The molecule has 35 heavy (non-hydrogen) atoms. The Kier molecular flexibility index (Phi) is 6.77. The number of carbonyl (C=O) groups excluding carboxylic acids is 1. The van der Waals surface area contributed by atoms with Crippen molar-refractivity contribution in [2.24, 2.45) is 0 Å². The number of amides is 1. The number of para-hydroxylation sites is 1. The maximum atomic E-state index is 11.3. The van der Waals surface area contributed by atoms with E-state index in [9.17, 15) is 4.79 Å². The summed E-state index contributed by atoms with van der Waals surface area (Å²) in [6, 6.07) is 15.1. The van der Waals surface area contributed by atoms with Gasteiger partial charge in [0.15, 0.2) is 0 Å². The number of hydrogen-bond acceptors (Lipinski definition) is 3. The van der Waals surface area contributed by atoms with Crippen LogP contribution in [0, 0.1) is 6.92 Å². The number of aromatic amines is 2. The molecule has 7 heteroatoms. The first kappa shape index (κ1) is 23.4. The van der Waals surface area contributed by atoms with Crippen molar-refractivity contribution in [3.8, 4) is 0 Å². The number of rotatable bonds is 8. The van der Waals surface area contributed by atoms with Crippen LogP contribution < -0.4 is 5.48 Å². The van der Waals surface area contributed by atoms with E-state index < -0.39 is 5.91 Å². The average Bonchev–Trinajstić information content (AvgIpc) is 3.58. The Morgan fingerprint density at radius 3 is 2.89 bits per heavy atom. The summed E-state index contributed by atoms with van der Waals surface area (Å²) in [5, 5.41) is 10.8. The van der Waals surface area contributed by atoms with Gasteiger partial charge in [-0.3, -0.25) is 14.9 Å². The molecule has 0 bridgehead atoms. The number of fused-ring (bicyclic) bond motifs is 2. The van der Waals surface area contributed by atoms with E-state index in [1.165, 1.54) is 33.7 Å². The molecule has 1 aliphatic carbocycles. The highest BCUT2D eigenvalue weighted by atomic mass is 35.5. The number of carbonyl (C=O) groups is 1. The largest absolute Gasteiger partial charge is 0.362 e. The molecule has 0 saturated carbocycles. The quantitative estimate of drug-likeness (QED) is 0.146. The molecular weight excluding hydrogens is 460 g/mol. The second kappa shape index (κ2) is 10.1. The van der Waals surface area contributed by atoms with Crippen LogP contribution in [-0.4, -0.2) is 32.5 Å². The third-order valence-electron chi connectivity index (χ3n) is 7.08. The van der Waals surface area contributed by atoms with Crippen LogP contribution in [0.1, 0.15) is 46.0 Å². The number of hydrogen-bond donors (Lipinski definition) is 4. The molecule has 5 rings (SSSR count). The van der Waals surface area contributed by atoms with Gasteiger partial charge in [0.2, 0.25) is 0 Å². The van der Waals surface area contributed by atoms with Crippen LogP contribution >= 0.6 is 11.6 Å². The van der Waals surface area contributed by atoms with Crippen molar-refractivity contribution in [1.82, 2.24) is 20.3 Å². The van der Waals surface area contributed by atoms with E-state index in [4.69, 9.17) is 16.8 Å². The molecule has 2 aromatic carbocycles. The highest BCUT2D eigenvalue weighted by Gasteiger charge is 2.29. The summed E-state index contributed by atoms with van der Waals surface area (Å²) in [6.45, 7) is 3.78. The topological polar surface area (TPSA) is 84.2 Å². The summed E-state index contributed by atoms with van der Waals surface area (Å²) in [5.74, 6) is -0.535. The van der Waals surface area contributed by atoms with Gasteiger partial charge in [-0.15, -0.1) is 0 Å². The van der Waals surface area contributed by atoms with Gasteiger partial charge >= 0.3 is 0 Å². The van der Waals surface area contributed by atoms with E-state index in [0.717, 1.165) is 54.2 Å². The van der Waals surface area contributed by atoms with E-state index in [0.29, 0.717) is 6.04 Å². The number of aryl methyl sites for hydroxylation is 1. The lowest BCUT2D eigenvalue weighted by Gasteiger charge is -2.30. The predicted molar refractivity (Wildman–Crippen MR) is 139 cm³/mol. The minimum atomic E-state index is -0.535. The summed E-state index contributed by atoms with van der Waals surface area (Å²) in [5.41, 5.74) is 9.97. The van der Waals surface area contributed by atoms with Crippen molar-refractivity contribution < 1.29 is 10.0 Å². The normalized spacial score (nSPS) is 15.4. The first-order valence-electron chi connectivity index (χ1n) is 11.9. The molecule has 0 spiro atoms. The fraction of sp³-hybridized carbons (Fsp3) is 0.250. The second-order valence-corrected chi connectivity index (χ2v) is 9.55. The molecule has 4 aromatic rings. The van der Waals surface area contributed by atoms with Gasteiger partial charge in [0, 0.05) is 54.2 Å². The average molecular weight is 489 g/mol. The van der Waals surface area contributed by atoms with Gasteiger partial charge in [0.1, 0.15) is 0 Å². The second-order valence-electron chi connectivity index (χ2n) is 9.14. The Labute approximate surface area is 209 Å². The fourth-order valence-electron chi connectivity index (χ4n) is 5.13. The van der Waals surface area contributed by atoms with Crippen LogP contribution in [0.3, 0.4) is 0 Å². The molecule has 180 valence electrons. The summed E-state index contributed by atoms with van der Waals surface area (Å²) < 4.78 is 0. The minimum absolute atomic E-state index is 0.301. The summed E-state index contributed by atoms with van der Waals surface area (Å²) in [6.07, 6.45) is 10.0. The van der Waals surface area contributed by atoms with Gasteiger partial charge in [0.25, 0.3) is 5.91 Å². The van der Waals surface area contributed by atoms with E-state index in [1.54, 1.807) is 11.6 Å². The van der Waals surface area contributed by atoms with Gasteiger partial charge in [0.05, 0.1) is 5.02 Å². The molecule has 0 saturated heterocycles. The highest BCUT2D eigenvalue weighted by Crippen LogP contribution is 2.38. The first-order valence-corrected chi connectivity index (χ1v) is 12.3. The Hall–Kier alpha value is -3.32. The molecule has 4 N–H and O–H groups in total. The number of halogens is 1. The minimum Gasteiger partial charge on any atom is -0.362 e. The highest BCUT2D eigenvalue weighted by molar-refractivity contribution is 6.31. The number of aromatic nitrogens is 2. The summed E-state index contributed by atoms with van der Waals surface area (Å²) in [7, 11) is 0. The molecule has 1 amide bonds. The molecule has 0 fully saturated rings. The number of nitrogens with one attached hydrogen (secondary N) is 3. The zero-order valence-electron chi connectivity index (χ0n) is 19.6. The van der Waals surface area contributed by atoms with Crippen molar-refractivity contribution in [3.05, 3.63) is 99.5 Å². The lowest BCUT2D eigenvalue weighted by atomic mass is 10.0. The molecule has 1 atom stereocenters. The van der Waals surface area contributed by atoms with Crippen LogP contribution in [-0.2, 0) is 24.2 Å². The molecule has 2 heterocycles. The molecular formula is C28H29ClN4O2. The van der Waals surface area contributed by atoms with E-state index in [1.807, 2.05) is 12.3 Å². The third kappa shape index (κ3) is 4.91. The zero-order chi connectivity index (χ0) is 24.4. The Morgan fingerprint density at radius 1 is 1.23 bits per heavy atom. The fourth-order valence-corrected chi connectivity index (χ4v) is 5.30. The molecule has 1 unspecified atom stereocenters. The van der Waals surface area contributed by atoms with E-state index >= 15 is 0 Å². The van der Waals surface area contributed by atoms with Crippen LogP contribution in [0.2, 0.25) is 5.02 Å². The Morgan fingerprint density at radius 2 is 2.09 bits per heavy atom. The number of hydroxylamine groups is 1. The molecule has 1 aliphatic rings. The van der Waals surface area contributed by atoms with Gasteiger partial charge in [-0.1, -0.05) is 48.0 Å². The number of benzene rings is 2. The smallest absolute Gasteiger partial charge is 0.267 e. The monoisotopic (exact) mass is 488 g/mol. The third-order valence-corrected chi connectivity index (χ3v) is 7.47. The van der Waals surface area contributed by atoms with Crippen LogP contribution in [0.4, 0.5) is 0 Å². The first-order chi connectivity index (χ1) is 17.0. The van der Waals surface area contributed by atoms with Crippen molar-refractivity contribution in [1.29, 1.82) is 0 Å². The Bertz CT molecular complexity index is 1390. The van der Waals surface area contributed by atoms with Crippen molar-refractivity contribution in [2.75, 3.05) is 6.54 Å². The summed E-state index contributed by atoms with van der Waals surface area (Å²) >= 11 is 6.35. The van der Waals surface area contributed by atoms with Crippen molar-refractivity contribution in [3.63, 3.8) is 0 Å². The summed E-state index contributed by atoms with van der Waals surface area (Å²) in [4.78, 5) is 20.7. The van der Waals surface area contributed by atoms with Gasteiger partial charge < -0.3 is 9.97 Å². The lowest BCUT2D eigenvalue weighted by Crippen LogP contribution is -2.29. The molecule has 0 aliphatic heterocycles. The van der Waals surface area contributed by atoms with Crippen molar-refractivity contribution in [2.45, 2.75) is 38.8 Å². The lowest BCUT2D eigenvalue weighted by molar-refractivity contribution is -0.124. The van der Waals surface area contributed by atoms with Crippen LogP contribution in [0.25, 0.3) is 17.0 Å². The molecule has 2 aromatic heterocycles. The van der Waals surface area contributed by atoms with Crippen LogP contribution in [0.5, 0.6) is 0 Å². The Balaban J connectivity index is 1.40. The number of H-pyrrole nitrogens is 2. The zero-order valence-corrected chi connectivity index (χ0v) is 20.4. The van der Waals surface area contributed by atoms with Gasteiger partial charge in [-0.25, -0.2) is 5.48 Å². The van der Waals surface area contributed by atoms with E-state index in [-0.39, 0.29) is 0 Å². The maximum absolute atomic E-state index is 11.3. The van der Waals surface area contributed by atoms with Gasteiger partial charge in [-0.2, -0.15) is 0 Å². The molecule has 6 nitrogen and oxygen atoms in total. The predicted octanol–water partition coefficient (Wildman–Crippen LogP) is 5.71. The standard InChI is InChI=1S/C28H29ClN4O2/c1-18-24(29)16-31-26(18)17-33(13-12-21-15-30-25-5-3-2-4-22(21)25)27-10-8-20-14-19(6-9-23(20)27)7-11-28(34)32-35/h2-7,9,11,14-16,27,30-31,35H,8,10,12-13,17H2,1H3,(H,32,34)/b11-7+. The van der Waals surface area contributed by atoms with Gasteiger partial charge in [-0.05, 0) is 66.1 Å². The SMILES string of the molecule is Cc1c(Cl)c[nH]c1CN(CCc1c[nH]c2ccccc12)C1CCc2cc(/C=C/C(=O)NO)ccc21. The maximum Gasteiger partial charge on any atom is 0.267 e. The number of nitrogens with zero attached hydrogens (tertiary/aromatic N) is 1. The molecule has 0 radical (unpaired) electrons. The van der Waals surface area contributed by atoms with E-state index in [2.05, 4.69) is 64.4 Å². The van der Waals surface area contributed by atoms with Crippen molar-refractivity contribution >= 4 is 34.5 Å². The van der Waals surface area contributed by atoms with Crippen LogP contribution in [0.15, 0.2) is 60.9 Å².